The first-order chi connectivity index (χ1) is 14.3. The highest BCUT2D eigenvalue weighted by Crippen LogP contribution is 2.23. The first kappa shape index (κ1) is 22.4. The first-order valence-corrected chi connectivity index (χ1v) is 12.0. The molecule has 1 N–H and O–H groups in total. The molecule has 0 spiro atoms. The maximum Gasteiger partial charge on any atom is 0.223 e. The van der Waals surface area contributed by atoms with Gasteiger partial charge in [-0.05, 0) is 44.2 Å². The van der Waals surface area contributed by atoms with Crippen LogP contribution < -0.4 is 5.32 Å². The number of benzene rings is 2. The number of aryl methyl sites for hydroxylation is 1. The second kappa shape index (κ2) is 10.2. The van der Waals surface area contributed by atoms with Gasteiger partial charge in [-0.2, -0.15) is 0 Å². The quantitative estimate of drug-likeness (QED) is 0.694. The van der Waals surface area contributed by atoms with Gasteiger partial charge in [0, 0.05) is 30.6 Å². The number of nitrogens with zero attached hydrogens (tertiary/aromatic N) is 1. The average Bonchev–Trinajstić information content (AvgIpc) is 2.74. The van der Waals surface area contributed by atoms with Gasteiger partial charge in [0.15, 0.2) is 0 Å². The highest BCUT2D eigenvalue weighted by molar-refractivity contribution is 7.88. The van der Waals surface area contributed by atoms with Crippen molar-refractivity contribution in [1.82, 2.24) is 9.62 Å². The Morgan fingerprint density at radius 2 is 1.73 bits per heavy atom. The molecule has 2 aromatic rings. The van der Waals surface area contributed by atoms with Crippen LogP contribution in [0.2, 0.25) is 0 Å². The Kier molecular flexibility index (Phi) is 7.61. The van der Waals surface area contributed by atoms with Crippen molar-refractivity contribution in [3.05, 3.63) is 71.5 Å². The lowest BCUT2D eigenvalue weighted by Gasteiger charge is -2.31. The molecule has 0 unspecified atom stereocenters. The molecule has 2 aromatic carbocycles. The van der Waals surface area contributed by atoms with Gasteiger partial charge in [0.1, 0.15) is 5.82 Å². The summed E-state index contributed by atoms with van der Waals surface area (Å²) in [6.07, 6.45) is 2.71. The van der Waals surface area contributed by atoms with Crippen molar-refractivity contribution in [2.24, 2.45) is 5.92 Å². The van der Waals surface area contributed by atoms with Crippen molar-refractivity contribution >= 4 is 15.9 Å². The summed E-state index contributed by atoms with van der Waals surface area (Å²) >= 11 is 0. The summed E-state index contributed by atoms with van der Waals surface area (Å²) in [4.78, 5) is 12.6. The van der Waals surface area contributed by atoms with Crippen LogP contribution in [-0.2, 0) is 27.0 Å². The predicted molar refractivity (Wildman–Crippen MR) is 116 cm³/mol. The van der Waals surface area contributed by atoms with Crippen molar-refractivity contribution in [3.63, 3.8) is 0 Å². The fourth-order valence-corrected chi connectivity index (χ4v) is 5.34. The molecule has 3 rings (SSSR count). The van der Waals surface area contributed by atoms with Crippen LogP contribution in [-0.4, -0.2) is 37.8 Å². The molecular formula is C23H29FN2O3S. The van der Waals surface area contributed by atoms with Crippen LogP contribution in [0.15, 0.2) is 54.6 Å². The lowest BCUT2D eigenvalue weighted by molar-refractivity contribution is -0.126. The number of rotatable bonds is 8. The number of nitrogens with one attached hydrogen (secondary N) is 1. The van der Waals surface area contributed by atoms with Crippen LogP contribution in [0.5, 0.6) is 0 Å². The number of amides is 1. The van der Waals surface area contributed by atoms with Gasteiger partial charge in [0.05, 0.1) is 5.75 Å². The summed E-state index contributed by atoms with van der Waals surface area (Å²) in [7, 11) is -3.61. The molecule has 5 nitrogen and oxygen atoms in total. The van der Waals surface area contributed by atoms with E-state index in [0.29, 0.717) is 12.8 Å². The van der Waals surface area contributed by atoms with Gasteiger partial charge < -0.3 is 5.32 Å². The molecule has 7 heteroatoms. The largest absolute Gasteiger partial charge is 0.353 e. The molecule has 0 aliphatic carbocycles. The fourth-order valence-electron chi connectivity index (χ4n) is 3.76. The molecule has 0 bridgehead atoms. The van der Waals surface area contributed by atoms with Crippen LogP contribution >= 0.6 is 0 Å². The van der Waals surface area contributed by atoms with Gasteiger partial charge in [0.2, 0.25) is 15.9 Å². The molecule has 0 aromatic heterocycles. The molecule has 162 valence electrons. The fraction of sp³-hybridized carbons (Fsp3) is 0.435. The van der Waals surface area contributed by atoms with E-state index in [0.717, 1.165) is 12.8 Å². The number of carbonyl (C=O) groups is 1. The van der Waals surface area contributed by atoms with Crippen LogP contribution in [0.4, 0.5) is 4.39 Å². The number of hydrogen-bond donors (Lipinski definition) is 1. The normalized spacial score (nSPS) is 16.9. The summed E-state index contributed by atoms with van der Waals surface area (Å²) in [6, 6.07) is 16.1. The Bertz CT molecular complexity index is 942. The summed E-state index contributed by atoms with van der Waals surface area (Å²) < 4.78 is 40.5. The third-order valence-corrected chi connectivity index (χ3v) is 7.44. The zero-order valence-corrected chi connectivity index (χ0v) is 18.1. The van der Waals surface area contributed by atoms with Crippen molar-refractivity contribution in [1.29, 1.82) is 0 Å². The highest BCUT2D eigenvalue weighted by atomic mass is 32.2. The molecular weight excluding hydrogens is 403 g/mol. The standard InChI is InChI=1S/C23H29FN2O3S/c1-18(11-12-19-7-3-2-4-8-19)25-23(27)20-13-15-26(16-14-20)30(28,29)17-21-9-5-6-10-22(21)24/h2-10,18,20H,11-17H2,1H3,(H,25,27)/t18-/m0/s1. The zero-order valence-electron chi connectivity index (χ0n) is 17.3. The van der Waals surface area contributed by atoms with E-state index in [2.05, 4.69) is 17.4 Å². The van der Waals surface area contributed by atoms with Crippen molar-refractivity contribution in [2.45, 2.75) is 44.4 Å². The van der Waals surface area contributed by atoms with Crippen LogP contribution in [0.3, 0.4) is 0 Å². The number of sulfonamides is 1. The molecule has 0 radical (unpaired) electrons. The van der Waals surface area contributed by atoms with E-state index in [1.165, 1.54) is 28.1 Å². The lowest BCUT2D eigenvalue weighted by Crippen LogP contribution is -2.45. The van der Waals surface area contributed by atoms with Gasteiger partial charge in [0.25, 0.3) is 0 Å². The number of halogens is 1. The minimum Gasteiger partial charge on any atom is -0.353 e. The van der Waals surface area contributed by atoms with Crippen molar-refractivity contribution in [2.75, 3.05) is 13.1 Å². The van der Waals surface area contributed by atoms with Gasteiger partial charge in [-0.3, -0.25) is 4.79 Å². The summed E-state index contributed by atoms with van der Waals surface area (Å²) in [6.45, 7) is 2.56. The maximum absolute atomic E-state index is 13.8. The topological polar surface area (TPSA) is 66.5 Å². The third-order valence-electron chi connectivity index (χ3n) is 5.61. The summed E-state index contributed by atoms with van der Waals surface area (Å²) in [5, 5.41) is 3.06. The van der Waals surface area contributed by atoms with Gasteiger partial charge in [-0.25, -0.2) is 17.1 Å². The van der Waals surface area contributed by atoms with Gasteiger partial charge >= 0.3 is 0 Å². The zero-order chi connectivity index (χ0) is 21.6. The van der Waals surface area contributed by atoms with Crippen molar-refractivity contribution < 1.29 is 17.6 Å². The molecule has 0 saturated carbocycles. The third kappa shape index (κ3) is 6.12. The molecule has 1 saturated heterocycles. The van der Waals surface area contributed by atoms with Crippen LogP contribution in [0.25, 0.3) is 0 Å². The number of piperidine rings is 1. The predicted octanol–water partition coefficient (Wildman–Crippen LogP) is 3.51. The molecule has 1 heterocycles. The Morgan fingerprint density at radius 3 is 2.40 bits per heavy atom. The Balaban J connectivity index is 1.46. The van der Waals surface area contributed by atoms with E-state index in [1.54, 1.807) is 6.07 Å². The van der Waals surface area contributed by atoms with E-state index in [9.17, 15) is 17.6 Å². The van der Waals surface area contributed by atoms with E-state index in [1.807, 2.05) is 25.1 Å². The number of carbonyl (C=O) groups excluding carboxylic acids is 1. The van der Waals surface area contributed by atoms with E-state index in [-0.39, 0.29) is 42.3 Å². The number of hydrogen-bond acceptors (Lipinski definition) is 3. The molecule has 1 aliphatic heterocycles. The second-order valence-corrected chi connectivity index (χ2v) is 9.92. The molecule has 1 aliphatic rings. The average molecular weight is 433 g/mol. The minimum absolute atomic E-state index is 0.0123. The summed E-state index contributed by atoms with van der Waals surface area (Å²) in [5.41, 5.74) is 1.41. The summed E-state index contributed by atoms with van der Waals surface area (Å²) in [5.74, 6) is -1.07. The SMILES string of the molecule is C[C@@H](CCc1ccccc1)NC(=O)C1CCN(S(=O)(=O)Cc2ccccc2F)CC1. The maximum atomic E-state index is 13.8. The van der Waals surface area contributed by atoms with E-state index >= 15 is 0 Å². The van der Waals surface area contributed by atoms with Gasteiger partial charge in [-0.15, -0.1) is 0 Å². The molecule has 1 atom stereocenters. The molecule has 30 heavy (non-hydrogen) atoms. The molecule has 1 fully saturated rings. The molecule has 1 amide bonds. The van der Waals surface area contributed by atoms with Crippen LogP contribution in [0.1, 0.15) is 37.3 Å². The smallest absolute Gasteiger partial charge is 0.223 e. The van der Waals surface area contributed by atoms with E-state index in [4.69, 9.17) is 0 Å². The minimum atomic E-state index is -3.61. The monoisotopic (exact) mass is 432 g/mol. The Morgan fingerprint density at radius 1 is 1.10 bits per heavy atom. The van der Waals surface area contributed by atoms with Gasteiger partial charge in [-0.1, -0.05) is 48.5 Å². The first-order valence-electron chi connectivity index (χ1n) is 10.4. The van der Waals surface area contributed by atoms with Crippen molar-refractivity contribution in [3.8, 4) is 0 Å². The highest BCUT2D eigenvalue weighted by Gasteiger charge is 2.31. The Labute approximate surface area is 178 Å². The lowest BCUT2D eigenvalue weighted by atomic mass is 9.96. The van der Waals surface area contributed by atoms with Crippen LogP contribution in [0, 0.1) is 11.7 Å². The van der Waals surface area contributed by atoms with E-state index < -0.39 is 15.8 Å². The second-order valence-electron chi connectivity index (χ2n) is 7.95. The Hall–Kier alpha value is -2.25.